The molecule has 3 rings (SSSR count). The topological polar surface area (TPSA) is 79.0 Å². The molecule has 1 aliphatic heterocycles. The van der Waals surface area contributed by atoms with Gasteiger partial charge in [0.15, 0.2) is 6.73 Å². The molecule has 8 heteroatoms. The molecule has 1 N–H and O–H groups in total. The lowest BCUT2D eigenvalue weighted by atomic mass is 10.1. The van der Waals surface area contributed by atoms with Crippen LogP contribution in [0, 0.1) is 0 Å². The Morgan fingerprint density at radius 1 is 1.00 bits per heavy atom. The van der Waals surface area contributed by atoms with E-state index in [4.69, 9.17) is 4.74 Å². The van der Waals surface area contributed by atoms with Crippen molar-refractivity contribution in [1.82, 2.24) is 14.5 Å². The van der Waals surface area contributed by atoms with E-state index in [9.17, 15) is 13.2 Å². The van der Waals surface area contributed by atoms with Gasteiger partial charge in [0, 0.05) is 26.2 Å². The lowest BCUT2D eigenvalue weighted by Crippen LogP contribution is -2.53. The van der Waals surface area contributed by atoms with Crippen LogP contribution in [0.5, 0.6) is 5.75 Å². The maximum atomic E-state index is 12.6. The van der Waals surface area contributed by atoms with Crippen molar-refractivity contribution >= 4 is 16.1 Å². The van der Waals surface area contributed by atoms with Gasteiger partial charge in [0.05, 0.1) is 4.90 Å². The van der Waals surface area contributed by atoms with Gasteiger partial charge in [0.1, 0.15) is 5.75 Å². The van der Waals surface area contributed by atoms with Crippen LogP contribution in [-0.2, 0) is 16.4 Å². The predicted octanol–water partition coefficient (Wildman–Crippen LogP) is 2.69. The van der Waals surface area contributed by atoms with E-state index in [1.165, 1.54) is 9.87 Å². The van der Waals surface area contributed by atoms with Gasteiger partial charge < -0.3 is 15.0 Å². The molecule has 2 amide bonds. The number of sulfonamides is 1. The van der Waals surface area contributed by atoms with Gasteiger partial charge in [-0.3, -0.25) is 0 Å². The van der Waals surface area contributed by atoms with Crippen LogP contribution in [0.4, 0.5) is 4.79 Å². The Balaban J connectivity index is 1.44. The molecule has 2 aromatic carbocycles. The molecule has 0 atom stereocenters. The van der Waals surface area contributed by atoms with E-state index in [2.05, 4.69) is 12.2 Å². The van der Waals surface area contributed by atoms with E-state index in [1.807, 2.05) is 24.3 Å². The van der Waals surface area contributed by atoms with Crippen LogP contribution in [0.2, 0.25) is 0 Å². The summed E-state index contributed by atoms with van der Waals surface area (Å²) in [4.78, 5) is 14.2. The van der Waals surface area contributed by atoms with Crippen molar-refractivity contribution < 1.29 is 17.9 Å². The quantitative estimate of drug-likeness (QED) is 0.703. The molecule has 1 saturated heterocycles. The van der Waals surface area contributed by atoms with Crippen LogP contribution in [0.25, 0.3) is 0 Å². The Morgan fingerprint density at radius 3 is 2.28 bits per heavy atom. The molecule has 0 radical (unpaired) electrons. The van der Waals surface area contributed by atoms with Gasteiger partial charge in [0.25, 0.3) is 0 Å². The summed E-state index contributed by atoms with van der Waals surface area (Å²) in [5, 5.41) is 2.72. The monoisotopic (exact) mass is 417 g/mol. The van der Waals surface area contributed by atoms with Crippen LogP contribution in [0.3, 0.4) is 0 Å². The van der Waals surface area contributed by atoms with Crippen molar-refractivity contribution in [3.8, 4) is 5.75 Å². The largest absolute Gasteiger partial charge is 0.473 e. The summed E-state index contributed by atoms with van der Waals surface area (Å²) >= 11 is 0. The van der Waals surface area contributed by atoms with Gasteiger partial charge in [-0.25, -0.2) is 13.2 Å². The molecule has 0 aliphatic carbocycles. The van der Waals surface area contributed by atoms with E-state index >= 15 is 0 Å². The number of benzene rings is 2. The van der Waals surface area contributed by atoms with E-state index in [0.717, 1.165) is 12.8 Å². The second-order valence-corrected chi connectivity index (χ2v) is 8.81. The Kier molecular flexibility index (Phi) is 7.11. The number of rotatable bonds is 7. The predicted molar refractivity (Wildman–Crippen MR) is 111 cm³/mol. The van der Waals surface area contributed by atoms with Crippen molar-refractivity contribution in [2.24, 2.45) is 0 Å². The third kappa shape index (κ3) is 5.48. The number of urea groups is 1. The Morgan fingerprint density at radius 2 is 1.66 bits per heavy atom. The molecule has 2 aromatic rings. The molecule has 0 aromatic heterocycles. The number of aryl methyl sites for hydroxylation is 1. The van der Waals surface area contributed by atoms with Gasteiger partial charge in [-0.15, -0.1) is 0 Å². The van der Waals surface area contributed by atoms with E-state index in [1.54, 1.807) is 35.2 Å². The summed E-state index contributed by atoms with van der Waals surface area (Å²) < 4.78 is 32.3. The highest BCUT2D eigenvalue weighted by molar-refractivity contribution is 7.89. The summed E-state index contributed by atoms with van der Waals surface area (Å²) in [5.74, 6) is 0.698. The zero-order chi connectivity index (χ0) is 20.7. The summed E-state index contributed by atoms with van der Waals surface area (Å²) in [7, 11) is -3.52. The number of carbonyl (C=O) groups is 1. The number of carbonyl (C=O) groups excluding carboxylic acids is 1. The minimum Gasteiger partial charge on any atom is -0.473 e. The second kappa shape index (κ2) is 9.76. The van der Waals surface area contributed by atoms with Gasteiger partial charge >= 0.3 is 6.03 Å². The number of ether oxygens (including phenoxy) is 1. The molecular formula is C21H27N3O4S. The second-order valence-electron chi connectivity index (χ2n) is 6.87. The minimum atomic E-state index is -3.52. The Hall–Kier alpha value is -2.58. The molecule has 1 aliphatic rings. The van der Waals surface area contributed by atoms with Gasteiger partial charge in [-0.05, 0) is 36.2 Å². The van der Waals surface area contributed by atoms with Crippen LogP contribution >= 0.6 is 0 Å². The molecule has 0 saturated carbocycles. The smallest absolute Gasteiger partial charge is 0.320 e. The van der Waals surface area contributed by atoms with Crippen molar-refractivity contribution in [3.05, 3.63) is 60.2 Å². The van der Waals surface area contributed by atoms with Gasteiger partial charge in [-0.1, -0.05) is 43.7 Å². The average molecular weight is 418 g/mol. The molecule has 0 bridgehead atoms. The fourth-order valence-corrected chi connectivity index (χ4v) is 4.65. The van der Waals surface area contributed by atoms with Crippen molar-refractivity contribution in [2.45, 2.75) is 24.7 Å². The van der Waals surface area contributed by atoms with Gasteiger partial charge in [0.2, 0.25) is 10.0 Å². The number of piperazine rings is 1. The molecule has 1 fully saturated rings. The number of hydrogen-bond acceptors (Lipinski definition) is 4. The normalized spacial score (nSPS) is 15.1. The summed E-state index contributed by atoms with van der Waals surface area (Å²) in [6.07, 6.45) is 2.12. The SMILES string of the molecule is CCCc1ccc(OCNC(=O)N2CCN(S(=O)(=O)c3ccccc3)CC2)cc1. The first kappa shape index (κ1) is 21.1. The third-order valence-corrected chi connectivity index (χ3v) is 6.74. The Labute approximate surface area is 172 Å². The highest BCUT2D eigenvalue weighted by atomic mass is 32.2. The van der Waals surface area contributed by atoms with Crippen LogP contribution in [0.1, 0.15) is 18.9 Å². The maximum Gasteiger partial charge on any atom is 0.320 e. The van der Waals surface area contributed by atoms with Crippen LogP contribution in [0.15, 0.2) is 59.5 Å². The first-order valence-corrected chi connectivity index (χ1v) is 11.2. The number of hydrogen-bond donors (Lipinski definition) is 1. The fraction of sp³-hybridized carbons (Fsp3) is 0.381. The lowest BCUT2D eigenvalue weighted by Gasteiger charge is -2.33. The van der Waals surface area contributed by atoms with E-state index < -0.39 is 10.0 Å². The molecule has 0 spiro atoms. The van der Waals surface area contributed by atoms with Crippen LogP contribution < -0.4 is 10.1 Å². The number of nitrogens with one attached hydrogen (secondary N) is 1. The van der Waals surface area contributed by atoms with Gasteiger partial charge in [-0.2, -0.15) is 4.31 Å². The standard InChI is InChI=1S/C21H27N3O4S/c1-2-6-18-9-11-19(12-10-18)28-17-22-21(25)23-13-15-24(16-14-23)29(26,27)20-7-4-3-5-8-20/h3-5,7-12H,2,6,13-17H2,1H3,(H,22,25). The third-order valence-electron chi connectivity index (χ3n) is 4.83. The van der Waals surface area contributed by atoms with Crippen molar-refractivity contribution in [3.63, 3.8) is 0 Å². The number of amides is 2. The highest BCUT2D eigenvalue weighted by Gasteiger charge is 2.29. The van der Waals surface area contributed by atoms with E-state index in [-0.39, 0.29) is 30.7 Å². The molecule has 0 unspecified atom stereocenters. The van der Waals surface area contributed by atoms with E-state index in [0.29, 0.717) is 18.8 Å². The zero-order valence-corrected chi connectivity index (χ0v) is 17.4. The fourth-order valence-electron chi connectivity index (χ4n) is 3.21. The molecule has 7 nitrogen and oxygen atoms in total. The molecule has 29 heavy (non-hydrogen) atoms. The summed E-state index contributed by atoms with van der Waals surface area (Å²) in [6.45, 7) is 3.41. The molecule has 1 heterocycles. The minimum absolute atomic E-state index is 0.0640. The molecular weight excluding hydrogens is 390 g/mol. The average Bonchev–Trinajstić information content (AvgIpc) is 2.76. The highest BCUT2D eigenvalue weighted by Crippen LogP contribution is 2.17. The molecule has 156 valence electrons. The Bertz CT molecular complexity index is 893. The lowest BCUT2D eigenvalue weighted by molar-refractivity contribution is 0.162. The van der Waals surface area contributed by atoms with Crippen molar-refractivity contribution in [2.75, 3.05) is 32.9 Å². The first-order chi connectivity index (χ1) is 14.0. The number of nitrogens with zero attached hydrogens (tertiary/aromatic N) is 2. The maximum absolute atomic E-state index is 12.6. The van der Waals surface area contributed by atoms with Crippen LogP contribution in [-0.4, -0.2) is 56.6 Å². The zero-order valence-electron chi connectivity index (χ0n) is 16.6. The first-order valence-electron chi connectivity index (χ1n) is 9.80. The van der Waals surface area contributed by atoms with Crippen molar-refractivity contribution in [1.29, 1.82) is 0 Å². The summed E-state index contributed by atoms with van der Waals surface area (Å²) in [5.41, 5.74) is 1.26. The summed E-state index contributed by atoms with van der Waals surface area (Å²) in [6, 6.07) is 15.9.